The van der Waals surface area contributed by atoms with Gasteiger partial charge in [-0.25, -0.2) is 0 Å². The number of hydrogen-bond donors (Lipinski definition) is 2. The third kappa shape index (κ3) is 3.45. The first-order valence-electron chi connectivity index (χ1n) is 4.30. The monoisotopic (exact) mass is 189 g/mol. The Balaban J connectivity index is 2.21. The van der Waals surface area contributed by atoms with Crippen LogP contribution in [0.4, 0.5) is 0 Å². The minimum absolute atomic E-state index is 0.345. The first-order chi connectivity index (χ1) is 5.74. The molecule has 1 atom stereocenters. The summed E-state index contributed by atoms with van der Waals surface area (Å²) in [5.74, 6) is 0.946. The van der Waals surface area contributed by atoms with Crippen LogP contribution in [-0.2, 0) is 4.79 Å². The molecule has 0 spiro atoms. The highest BCUT2D eigenvalue weighted by Gasteiger charge is 2.27. The number of rotatable bonds is 6. The standard InChI is InChI=1S/C8H15NO2S/c1-2-12-5-7(8(10)11)9-6-3-4-6/h6-7,9H,2-5H2,1H3,(H,10,11). The predicted molar refractivity (Wildman–Crippen MR) is 50.6 cm³/mol. The second kappa shape index (κ2) is 4.72. The maximum absolute atomic E-state index is 10.7. The van der Waals surface area contributed by atoms with E-state index < -0.39 is 5.97 Å². The molecular formula is C8H15NO2S. The summed E-state index contributed by atoms with van der Waals surface area (Å²) in [6.45, 7) is 2.04. The number of thioether (sulfide) groups is 1. The van der Waals surface area contributed by atoms with Gasteiger partial charge in [-0.1, -0.05) is 6.92 Å². The van der Waals surface area contributed by atoms with Gasteiger partial charge in [0.1, 0.15) is 6.04 Å². The van der Waals surface area contributed by atoms with Crippen LogP contribution in [-0.4, -0.2) is 34.7 Å². The van der Waals surface area contributed by atoms with Crippen molar-refractivity contribution in [2.24, 2.45) is 0 Å². The maximum atomic E-state index is 10.7. The lowest BCUT2D eigenvalue weighted by atomic mass is 10.3. The SMILES string of the molecule is CCSCC(NC1CC1)C(=O)O. The summed E-state index contributed by atoms with van der Waals surface area (Å²) in [5.41, 5.74) is 0. The average molecular weight is 189 g/mol. The summed E-state index contributed by atoms with van der Waals surface area (Å²) >= 11 is 1.67. The molecule has 12 heavy (non-hydrogen) atoms. The van der Waals surface area contributed by atoms with Crippen LogP contribution in [0.25, 0.3) is 0 Å². The molecule has 1 rings (SSSR count). The largest absolute Gasteiger partial charge is 0.480 e. The minimum atomic E-state index is -0.720. The summed E-state index contributed by atoms with van der Waals surface area (Å²) in [6, 6.07) is 0.131. The first-order valence-corrected chi connectivity index (χ1v) is 5.46. The molecule has 0 heterocycles. The number of carbonyl (C=O) groups is 1. The highest BCUT2D eigenvalue weighted by Crippen LogP contribution is 2.20. The van der Waals surface area contributed by atoms with Gasteiger partial charge in [0.15, 0.2) is 0 Å². The summed E-state index contributed by atoms with van der Waals surface area (Å²) in [7, 11) is 0. The van der Waals surface area contributed by atoms with Crippen molar-refractivity contribution in [3.63, 3.8) is 0 Å². The summed E-state index contributed by atoms with van der Waals surface area (Å²) in [5, 5.41) is 11.9. The van der Waals surface area contributed by atoms with Gasteiger partial charge < -0.3 is 10.4 Å². The van der Waals surface area contributed by atoms with E-state index in [2.05, 4.69) is 5.32 Å². The second-order valence-corrected chi connectivity index (χ2v) is 4.31. The van der Waals surface area contributed by atoms with Gasteiger partial charge in [-0.05, 0) is 18.6 Å². The van der Waals surface area contributed by atoms with Crippen LogP contribution in [0.3, 0.4) is 0 Å². The lowest BCUT2D eigenvalue weighted by Gasteiger charge is -2.12. The number of nitrogens with one attached hydrogen (secondary N) is 1. The van der Waals surface area contributed by atoms with E-state index in [0.717, 1.165) is 18.6 Å². The molecule has 0 bridgehead atoms. The van der Waals surface area contributed by atoms with E-state index in [1.165, 1.54) is 0 Å². The van der Waals surface area contributed by atoms with Crippen molar-refractivity contribution in [3.8, 4) is 0 Å². The van der Waals surface area contributed by atoms with E-state index in [1.54, 1.807) is 11.8 Å². The van der Waals surface area contributed by atoms with Crippen LogP contribution in [0.1, 0.15) is 19.8 Å². The van der Waals surface area contributed by atoms with Crippen LogP contribution in [0.15, 0.2) is 0 Å². The molecule has 1 unspecified atom stereocenters. The molecule has 0 saturated heterocycles. The zero-order chi connectivity index (χ0) is 8.97. The van der Waals surface area contributed by atoms with E-state index in [4.69, 9.17) is 5.11 Å². The number of aliphatic carboxylic acids is 1. The van der Waals surface area contributed by atoms with Gasteiger partial charge >= 0.3 is 5.97 Å². The molecular weight excluding hydrogens is 174 g/mol. The number of carboxylic acids is 1. The Morgan fingerprint density at radius 3 is 2.83 bits per heavy atom. The smallest absolute Gasteiger partial charge is 0.321 e. The first kappa shape index (κ1) is 9.86. The molecule has 0 aromatic heterocycles. The Hall–Kier alpha value is -0.220. The lowest BCUT2D eigenvalue weighted by Crippen LogP contribution is -2.40. The molecule has 70 valence electrons. The second-order valence-electron chi connectivity index (χ2n) is 2.99. The highest BCUT2D eigenvalue weighted by atomic mass is 32.2. The average Bonchev–Trinajstić information content (AvgIpc) is 2.80. The van der Waals surface area contributed by atoms with Crippen LogP contribution in [0, 0.1) is 0 Å². The van der Waals surface area contributed by atoms with Gasteiger partial charge in [-0.3, -0.25) is 4.79 Å². The number of carboxylic acid groups (broad SMARTS) is 1. The topological polar surface area (TPSA) is 49.3 Å². The Bertz CT molecular complexity index is 159. The summed E-state index contributed by atoms with van der Waals surface area (Å²) < 4.78 is 0. The third-order valence-electron chi connectivity index (χ3n) is 1.80. The molecule has 2 N–H and O–H groups in total. The summed E-state index contributed by atoms with van der Waals surface area (Å²) in [6.07, 6.45) is 2.28. The quantitative estimate of drug-likeness (QED) is 0.653. The molecule has 4 heteroatoms. The lowest BCUT2D eigenvalue weighted by molar-refractivity contribution is -0.138. The van der Waals surface area contributed by atoms with Crippen LogP contribution < -0.4 is 5.32 Å². The zero-order valence-electron chi connectivity index (χ0n) is 7.25. The van der Waals surface area contributed by atoms with Gasteiger partial charge in [0.05, 0.1) is 0 Å². The van der Waals surface area contributed by atoms with Crippen LogP contribution >= 0.6 is 11.8 Å². The zero-order valence-corrected chi connectivity index (χ0v) is 8.06. The molecule has 0 amide bonds. The van der Waals surface area contributed by atoms with Crippen molar-refractivity contribution in [1.29, 1.82) is 0 Å². The third-order valence-corrected chi connectivity index (χ3v) is 2.78. The molecule has 0 aromatic rings. The van der Waals surface area contributed by atoms with Crippen LogP contribution in [0.5, 0.6) is 0 Å². The Morgan fingerprint density at radius 1 is 1.75 bits per heavy atom. The molecule has 0 radical (unpaired) electrons. The number of hydrogen-bond acceptors (Lipinski definition) is 3. The highest BCUT2D eigenvalue weighted by molar-refractivity contribution is 7.99. The van der Waals surface area contributed by atoms with Gasteiger partial charge in [0, 0.05) is 11.8 Å². The van der Waals surface area contributed by atoms with Gasteiger partial charge in [-0.15, -0.1) is 0 Å². The van der Waals surface area contributed by atoms with Crippen LogP contribution in [0.2, 0.25) is 0 Å². The minimum Gasteiger partial charge on any atom is -0.480 e. The van der Waals surface area contributed by atoms with Crippen molar-refractivity contribution in [2.45, 2.75) is 31.8 Å². The van der Waals surface area contributed by atoms with E-state index in [0.29, 0.717) is 11.8 Å². The van der Waals surface area contributed by atoms with E-state index in [1.807, 2.05) is 6.92 Å². The molecule has 0 aromatic carbocycles. The van der Waals surface area contributed by atoms with Crippen molar-refractivity contribution in [2.75, 3.05) is 11.5 Å². The predicted octanol–water partition coefficient (Wildman–Crippen LogP) is 0.945. The van der Waals surface area contributed by atoms with E-state index in [9.17, 15) is 4.79 Å². The van der Waals surface area contributed by atoms with E-state index >= 15 is 0 Å². The van der Waals surface area contributed by atoms with Crippen molar-refractivity contribution in [3.05, 3.63) is 0 Å². The van der Waals surface area contributed by atoms with Gasteiger partial charge in [0.2, 0.25) is 0 Å². The fourth-order valence-electron chi connectivity index (χ4n) is 0.961. The normalized spacial score (nSPS) is 19.1. The van der Waals surface area contributed by atoms with Crippen molar-refractivity contribution < 1.29 is 9.90 Å². The fraction of sp³-hybridized carbons (Fsp3) is 0.875. The molecule has 1 aliphatic rings. The molecule has 1 fully saturated rings. The molecule has 1 aliphatic carbocycles. The van der Waals surface area contributed by atoms with Crippen molar-refractivity contribution >= 4 is 17.7 Å². The molecule has 1 saturated carbocycles. The maximum Gasteiger partial charge on any atom is 0.321 e. The Labute approximate surface area is 76.9 Å². The Morgan fingerprint density at radius 2 is 2.42 bits per heavy atom. The van der Waals surface area contributed by atoms with Gasteiger partial charge in [0.25, 0.3) is 0 Å². The fourth-order valence-corrected chi connectivity index (χ4v) is 1.67. The van der Waals surface area contributed by atoms with Crippen molar-refractivity contribution in [1.82, 2.24) is 5.32 Å². The van der Waals surface area contributed by atoms with E-state index in [-0.39, 0.29) is 6.04 Å². The Kier molecular flexibility index (Phi) is 3.88. The summed E-state index contributed by atoms with van der Waals surface area (Å²) in [4.78, 5) is 10.7. The molecule has 0 aliphatic heterocycles. The van der Waals surface area contributed by atoms with Gasteiger partial charge in [-0.2, -0.15) is 11.8 Å². The molecule has 3 nitrogen and oxygen atoms in total.